The first-order valence-electron chi connectivity index (χ1n) is 10.00. The Morgan fingerprint density at radius 1 is 1.07 bits per heavy atom. The molecule has 0 saturated carbocycles. The predicted octanol–water partition coefficient (Wildman–Crippen LogP) is 4.80. The van der Waals surface area contributed by atoms with Gasteiger partial charge in [-0.05, 0) is 39.2 Å². The molecule has 2 aromatic carbocycles. The molecule has 30 heavy (non-hydrogen) atoms. The van der Waals surface area contributed by atoms with Crippen molar-refractivity contribution in [3.05, 3.63) is 76.8 Å². The van der Waals surface area contributed by atoms with E-state index < -0.39 is 12.1 Å². The second-order valence-electron chi connectivity index (χ2n) is 7.39. The van der Waals surface area contributed by atoms with Crippen LogP contribution in [0.5, 0.6) is 0 Å². The lowest BCUT2D eigenvalue weighted by Crippen LogP contribution is -2.41. The summed E-state index contributed by atoms with van der Waals surface area (Å²) in [6.45, 7) is 5.54. The van der Waals surface area contributed by atoms with Crippen molar-refractivity contribution < 1.29 is 14.3 Å². The van der Waals surface area contributed by atoms with Crippen molar-refractivity contribution in [1.82, 2.24) is 10.3 Å². The summed E-state index contributed by atoms with van der Waals surface area (Å²) < 4.78 is 5.32. The molecule has 0 aliphatic carbocycles. The standard InChI is InChI=1S/C24H26N2O3S/c1-16-9-13-20(14-10-16)23-26-21(15-30-23)24(28)29-18(3)22(27)25-17(2)11-12-19-7-5-4-6-8-19/h4-10,13-15,17-18H,11-12H2,1-3H3,(H,25,27)/t17-,18-/m0/s1. The first kappa shape index (κ1) is 21.7. The summed E-state index contributed by atoms with van der Waals surface area (Å²) >= 11 is 1.37. The number of amides is 1. The molecule has 1 amide bonds. The maximum Gasteiger partial charge on any atom is 0.358 e. The summed E-state index contributed by atoms with van der Waals surface area (Å²) in [5.74, 6) is -0.901. The Kier molecular flexibility index (Phi) is 7.36. The number of ether oxygens (including phenoxy) is 1. The highest BCUT2D eigenvalue weighted by molar-refractivity contribution is 7.13. The van der Waals surface area contributed by atoms with Gasteiger partial charge < -0.3 is 10.1 Å². The van der Waals surface area contributed by atoms with Crippen molar-refractivity contribution in [2.75, 3.05) is 0 Å². The molecule has 1 N–H and O–H groups in total. The second-order valence-corrected chi connectivity index (χ2v) is 8.24. The Morgan fingerprint density at radius 2 is 1.77 bits per heavy atom. The first-order valence-corrected chi connectivity index (χ1v) is 10.9. The SMILES string of the molecule is Cc1ccc(-c2nc(C(=O)O[C@@H](C)C(=O)N[C@@H](C)CCc3ccccc3)cs2)cc1. The Balaban J connectivity index is 1.49. The third kappa shape index (κ3) is 6.00. The molecule has 0 radical (unpaired) electrons. The molecule has 0 bridgehead atoms. The number of nitrogens with one attached hydrogen (secondary N) is 1. The zero-order valence-corrected chi connectivity index (χ0v) is 18.2. The fraction of sp³-hybridized carbons (Fsp3) is 0.292. The molecule has 0 unspecified atom stereocenters. The zero-order chi connectivity index (χ0) is 21.5. The van der Waals surface area contributed by atoms with Gasteiger partial charge in [0.2, 0.25) is 0 Å². The monoisotopic (exact) mass is 422 g/mol. The molecule has 6 heteroatoms. The second kappa shape index (κ2) is 10.2. The number of hydrogen-bond acceptors (Lipinski definition) is 5. The Morgan fingerprint density at radius 3 is 2.47 bits per heavy atom. The first-order chi connectivity index (χ1) is 14.4. The van der Waals surface area contributed by atoms with E-state index in [2.05, 4.69) is 22.4 Å². The van der Waals surface area contributed by atoms with Crippen LogP contribution in [0.2, 0.25) is 0 Å². The van der Waals surface area contributed by atoms with E-state index in [-0.39, 0.29) is 17.6 Å². The van der Waals surface area contributed by atoms with Crippen LogP contribution in [0.25, 0.3) is 10.6 Å². The Labute approximate surface area is 181 Å². The number of thiazole rings is 1. The molecule has 0 spiro atoms. The normalized spacial score (nSPS) is 12.8. The van der Waals surface area contributed by atoms with E-state index >= 15 is 0 Å². The number of nitrogens with zero attached hydrogens (tertiary/aromatic N) is 1. The minimum atomic E-state index is -0.888. The van der Waals surface area contributed by atoms with Gasteiger partial charge in [-0.3, -0.25) is 4.79 Å². The summed E-state index contributed by atoms with van der Waals surface area (Å²) in [5, 5.41) is 5.31. The molecule has 5 nitrogen and oxygen atoms in total. The van der Waals surface area contributed by atoms with E-state index in [9.17, 15) is 9.59 Å². The molecule has 156 valence electrons. The van der Waals surface area contributed by atoms with E-state index in [1.807, 2.05) is 56.3 Å². The molecule has 1 heterocycles. The van der Waals surface area contributed by atoms with Crippen LogP contribution in [-0.2, 0) is 16.0 Å². The summed E-state index contributed by atoms with van der Waals surface area (Å²) in [6.07, 6.45) is 0.792. The van der Waals surface area contributed by atoms with E-state index in [0.29, 0.717) is 0 Å². The van der Waals surface area contributed by atoms with E-state index in [1.165, 1.54) is 16.9 Å². The van der Waals surface area contributed by atoms with Gasteiger partial charge in [0, 0.05) is 17.0 Å². The number of hydrogen-bond donors (Lipinski definition) is 1. The highest BCUT2D eigenvalue weighted by Gasteiger charge is 2.22. The Hall–Kier alpha value is -2.99. The average molecular weight is 423 g/mol. The quantitative estimate of drug-likeness (QED) is 0.530. The van der Waals surface area contributed by atoms with Gasteiger partial charge in [-0.1, -0.05) is 60.2 Å². The number of esters is 1. The van der Waals surface area contributed by atoms with Gasteiger partial charge in [-0.15, -0.1) is 11.3 Å². The molecule has 0 aliphatic rings. The molecule has 0 fully saturated rings. The van der Waals surface area contributed by atoms with Crippen molar-refractivity contribution in [3.8, 4) is 10.6 Å². The summed E-state index contributed by atoms with van der Waals surface area (Å²) in [6, 6.07) is 18.0. The molecule has 3 rings (SSSR count). The van der Waals surface area contributed by atoms with Crippen LogP contribution in [0.4, 0.5) is 0 Å². The lowest BCUT2D eigenvalue weighted by atomic mass is 10.1. The van der Waals surface area contributed by atoms with Crippen molar-refractivity contribution in [2.24, 2.45) is 0 Å². The topological polar surface area (TPSA) is 68.3 Å². The lowest BCUT2D eigenvalue weighted by Gasteiger charge is -2.17. The van der Waals surface area contributed by atoms with E-state index in [0.717, 1.165) is 29.0 Å². The van der Waals surface area contributed by atoms with Gasteiger partial charge in [0.15, 0.2) is 11.8 Å². The van der Waals surface area contributed by atoms with Gasteiger partial charge in [-0.2, -0.15) is 0 Å². The smallest absolute Gasteiger partial charge is 0.358 e. The van der Waals surface area contributed by atoms with Crippen molar-refractivity contribution >= 4 is 23.2 Å². The molecule has 0 aliphatic heterocycles. The van der Waals surface area contributed by atoms with Gasteiger partial charge in [0.1, 0.15) is 5.01 Å². The number of aromatic nitrogens is 1. The average Bonchev–Trinajstić information content (AvgIpc) is 3.24. The number of carbonyl (C=O) groups excluding carboxylic acids is 2. The van der Waals surface area contributed by atoms with Crippen LogP contribution in [0, 0.1) is 6.92 Å². The maximum atomic E-state index is 12.4. The maximum absolute atomic E-state index is 12.4. The molecule has 0 saturated heterocycles. The summed E-state index contributed by atoms with van der Waals surface area (Å²) in [7, 11) is 0. The van der Waals surface area contributed by atoms with Crippen LogP contribution >= 0.6 is 11.3 Å². The summed E-state index contributed by atoms with van der Waals surface area (Å²) in [4.78, 5) is 29.1. The number of aryl methyl sites for hydroxylation is 2. The van der Waals surface area contributed by atoms with Crippen LogP contribution in [0.15, 0.2) is 60.0 Å². The molecular formula is C24H26N2O3S. The highest BCUT2D eigenvalue weighted by atomic mass is 32.1. The predicted molar refractivity (Wildman–Crippen MR) is 120 cm³/mol. The van der Waals surface area contributed by atoms with Crippen molar-refractivity contribution in [3.63, 3.8) is 0 Å². The number of carbonyl (C=O) groups is 2. The van der Waals surface area contributed by atoms with Gasteiger partial charge in [-0.25, -0.2) is 9.78 Å². The number of benzene rings is 2. The molecule has 1 aromatic heterocycles. The minimum absolute atomic E-state index is 0.0220. The fourth-order valence-corrected chi connectivity index (χ4v) is 3.73. The summed E-state index contributed by atoms with van der Waals surface area (Å²) in [5.41, 5.74) is 3.55. The van der Waals surface area contributed by atoms with Gasteiger partial charge in [0.25, 0.3) is 5.91 Å². The molecule has 3 aromatic rings. The lowest BCUT2D eigenvalue weighted by molar-refractivity contribution is -0.129. The van der Waals surface area contributed by atoms with E-state index in [4.69, 9.17) is 4.74 Å². The molecular weight excluding hydrogens is 396 g/mol. The third-order valence-corrected chi connectivity index (χ3v) is 5.65. The van der Waals surface area contributed by atoms with Crippen LogP contribution in [0.1, 0.15) is 41.9 Å². The van der Waals surface area contributed by atoms with Gasteiger partial charge >= 0.3 is 5.97 Å². The van der Waals surface area contributed by atoms with Crippen LogP contribution < -0.4 is 5.32 Å². The molecule has 2 atom stereocenters. The zero-order valence-electron chi connectivity index (χ0n) is 17.4. The largest absolute Gasteiger partial charge is 0.448 e. The number of rotatable bonds is 8. The van der Waals surface area contributed by atoms with Gasteiger partial charge in [0.05, 0.1) is 0 Å². The van der Waals surface area contributed by atoms with Crippen LogP contribution in [0.3, 0.4) is 0 Å². The van der Waals surface area contributed by atoms with E-state index in [1.54, 1.807) is 12.3 Å². The fourth-order valence-electron chi connectivity index (χ4n) is 2.93. The van der Waals surface area contributed by atoms with Crippen molar-refractivity contribution in [2.45, 2.75) is 45.8 Å². The third-order valence-electron chi connectivity index (χ3n) is 4.76. The van der Waals surface area contributed by atoms with Crippen molar-refractivity contribution in [1.29, 1.82) is 0 Å². The highest BCUT2D eigenvalue weighted by Crippen LogP contribution is 2.24. The Bertz CT molecular complexity index is 983. The minimum Gasteiger partial charge on any atom is -0.448 e. The van der Waals surface area contributed by atoms with Crippen LogP contribution in [-0.4, -0.2) is 29.0 Å².